The van der Waals surface area contributed by atoms with Crippen molar-refractivity contribution in [2.24, 2.45) is 5.92 Å². The highest BCUT2D eigenvalue weighted by molar-refractivity contribution is 5.32. The fourth-order valence-corrected chi connectivity index (χ4v) is 1.73. The maximum absolute atomic E-state index is 13.0. The second-order valence-electron chi connectivity index (χ2n) is 3.35. The minimum absolute atomic E-state index is 0.438. The van der Waals surface area contributed by atoms with Crippen LogP contribution in [0.5, 0.6) is 0 Å². The second-order valence-corrected chi connectivity index (χ2v) is 3.35. The van der Waals surface area contributed by atoms with Crippen LogP contribution in [0.3, 0.4) is 0 Å². The number of rotatable bonds is 2. The van der Waals surface area contributed by atoms with Crippen LogP contribution < -0.4 is 0 Å². The van der Waals surface area contributed by atoms with Gasteiger partial charge in [0.15, 0.2) is 0 Å². The molecule has 0 amide bonds. The zero-order chi connectivity index (χ0) is 9.47. The van der Waals surface area contributed by atoms with Crippen LogP contribution in [-0.2, 0) is 0 Å². The van der Waals surface area contributed by atoms with Crippen LogP contribution in [0.1, 0.15) is 11.5 Å². The molecule has 70 valence electrons. The van der Waals surface area contributed by atoms with E-state index in [1.165, 1.54) is 0 Å². The molecular weight excluding hydrogens is 174 g/mol. The van der Waals surface area contributed by atoms with Crippen molar-refractivity contribution in [2.45, 2.75) is 11.8 Å². The minimum Gasteiger partial charge on any atom is -0.396 e. The highest BCUT2D eigenvalue weighted by Gasteiger charge is 2.68. The van der Waals surface area contributed by atoms with Gasteiger partial charge in [0.05, 0.1) is 18.4 Å². The Balaban J connectivity index is 2.22. The molecule has 1 N–H and O–H groups in total. The highest BCUT2D eigenvalue weighted by atomic mass is 19.3. The van der Waals surface area contributed by atoms with Gasteiger partial charge in [-0.25, -0.2) is 8.78 Å². The molecule has 0 radical (unpaired) electrons. The van der Waals surface area contributed by atoms with E-state index in [2.05, 4.69) is 0 Å². The predicted octanol–water partition coefficient (Wildman–Crippen LogP) is 2.03. The first-order valence-corrected chi connectivity index (χ1v) is 4.21. The molecule has 2 rings (SSSR count). The fourth-order valence-electron chi connectivity index (χ4n) is 1.73. The van der Waals surface area contributed by atoms with Gasteiger partial charge in [0.2, 0.25) is 0 Å². The lowest BCUT2D eigenvalue weighted by Crippen LogP contribution is -1.97. The van der Waals surface area contributed by atoms with E-state index in [1.807, 2.05) is 0 Å². The van der Waals surface area contributed by atoms with Gasteiger partial charge in [-0.15, -0.1) is 0 Å². The van der Waals surface area contributed by atoms with Gasteiger partial charge in [-0.1, -0.05) is 30.3 Å². The minimum atomic E-state index is -2.71. The van der Waals surface area contributed by atoms with Gasteiger partial charge < -0.3 is 5.11 Å². The first kappa shape index (κ1) is 8.63. The molecule has 1 nitrogen and oxygen atoms in total. The summed E-state index contributed by atoms with van der Waals surface area (Å²) >= 11 is 0. The lowest BCUT2D eigenvalue weighted by molar-refractivity contribution is 0.0785. The van der Waals surface area contributed by atoms with Gasteiger partial charge in [-0.3, -0.25) is 0 Å². The molecule has 3 heteroatoms. The average molecular weight is 184 g/mol. The summed E-state index contributed by atoms with van der Waals surface area (Å²) < 4.78 is 26.0. The van der Waals surface area contributed by atoms with Crippen molar-refractivity contribution in [1.82, 2.24) is 0 Å². The molecule has 0 spiro atoms. The molecule has 0 unspecified atom stereocenters. The number of hydrogen-bond acceptors (Lipinski definition) is 1. The van der Waals surface area contributed by atoms with Gasteiger partial charge in [-0.2, -0.15) is 0 Å². The highest BCUT2D eigenvalue weighted by Crippen LogP contribution is 2.61. The van der Waals surface area contributed by atoms with E-state index in [0.717, 1.165) is 0 Å². The number of alkyl halides is 2. The quantitative estimate of drug-likeness (QED) is 0.745. The number of benzene rings is 1. The van der Waals surface area contributed by atoms with Crippen molar-refractivity contribution >= 4 is 0 Å². The van der Waals surface area contributed by atoms with Gasteiger partial charge in [0.25, 0.3) is 5.92 Å². The molecule has 0 aromatic heterocycles. The van der Waals surface area contributed by atoms with E-state index in [-0.39, 0.29) is 0 Å². The third kappa shape index (κ3) is 1.23. The molecule has 1 aliphatic rings. The lowest BCUT2D eigenvalue weighted by atomic mass is 10.1. The summed E-state index contributed by atoms with van der Waals surface area (Å²) in [5.74, 6) is -4.37. The maximum atomic E-state index is 13.0. The monoisotopic (exact) mass is 184 g/mol. The summed E-state index contributed by atoms with van der Waals surface area (Å²) in [6.07, 6.45) is 0. The third-order valence-electron chi connectivity index (χ3n) is 2.56. The third-order valence-corrected chi connectivity index (χ3v) is 2.56. The Morgan fingerprint density at radius 1 is 1.23 bits per heavy atom. The number of halogens is 2. The molecule has 1 aromatic carbocycles. The van der Waals surface area contributed by atoms with E-state index in [0.29, 0.717) is 5.56 Å². The lowest BCUT2D eigenvalue weighted by Gasteiger charge is -1.96. The molecule has 1 fully saturated rings. The van der Waals surface area contributed by atoms with Gasteiger partial charge in [0.1, 0.15) is 0 Å². The summed E-state index contributed by atoms with van der Waals surface area (Å²) in [4.78, 5) is 0. The summed E-state index contributed by atoms with van der Waals surface area (Å²) in [6.45, 7) is -0.438. The Kier molecular flexibility index (Phi) is 1.84. The molecule has 0 bridgehead atoms. The summed E-state index contributed by atoms with van der Waals surface area (Å²) in [6, 6.07) is 8.61. The summed E-state index contributed by atoms with van der Waals surface area (Å²) in [7, 11) is 0. The molecule has 0 saturated heterocycles. The number of hydrogen-bond donors (Lipinski definition) is 1. The molecule has 2 atom stereocenters. The molecule has 13 heavy (non-hydrogen) atoms. The normalized spacial score (nSPS) is 30.1. The van der Waals surface area contributed by atoms with E-state index in [9.17, 15) is 8.78 Å². The van der Waals surface area contributed by atoms with Crippen molar-refractivity contribution in [3.63, 3.8) is 0 Å². The average Bonchev–Trinajstić information content (AvgIpc) is 2.69. The predicted molar refractivity (Wildman–Crippen MR) is 44.7 cm³/mol. The van der Waals surface area contributed by atoms with Crippen LogP contribution in [0, 0.1) is 5.92 Å². The van der Waals surface area contributed by atoms with E-state index in [1.54, 1.807) is 30.3 Å². The Morgan fingerprint density at radius 2 is 1.85 bits per heavy atom. The van der Waals surface area contributed by atoms with Gasteiger partial charge in [0, 0.05) is 0 Å². The van der Waals surface area contributed by atoms with Crippen LogP contribution in [0.15, 0.2) is 30.3 Å². The standard InChI is InChI=1S/C10H10F2O/c11-10(12)8(6-13)9(10)7-4-2-1-3-5-7/h1-5,8-9,13H,6H2/t8-,9-/m1/s1. The Bertz CT molecular complexity index is 297. The van der Waals surface area contributed by atoms with Crippen molar-refractivity contribution in [2.75, 3.05) is 6.61 Å². The largest absolute Gasteiger partial charge is 0.396 e. The van der Waals surface area contributed by atoms with Crippen LogP contribution in [0.4, 0.5) is 8.78 Å². The smallest absolute Gasteiger partial charge is 0.261 e. The van der Waals surface area contributed by atoms with Crippen LogP contribution in [0.2, 0.25) is 0 Å². The Labute approximate surface area is 75.0 Å². The molecule has 1 aliphatic carbocycles. The van der Waals surface area contributed by atoms with E-state index in [4.69, 9.17) is 5.11 Å². The SMILES string of the molecule is OC[C@@H]1[C@@H](c2ccccc2)C1(F)F. The Morgan fingerprint density at radius 3 is 2.31 bits per heavy atom. The molecule has 0 heterocycles. The maximum Gasteiger partial charge on any atom is 0.261 e. The second kappa shape index (κ2) is 2.77. The number of aliphatic hydroxyl groups excluding tert-OH is 1. The van der Waals surface area contributed by atoms with Crippen LogP contribution >= 0.6 is 0 Å². The van der Waals surface area contributed by atoms with Crippen molar-refractivity contribution < 1.29 is 13.9 Å². The molecule has 0 aliphatic heterocycles. The zero-order valence-corrected chi connectivity index (χ0v) is 6.95. The summed E-state index contributed by atoms with van der Waals surface area (Å²) in [5.41, 5.74) is 0.617. The zero-order valence-electron chi connectivity index (χ0n) is 6.95. The first-order chi connectivity index (χ1) is 6.18. The van der Waals surface area contributed by atoms with Crippen LogP contribution in [0.25, 0.3) is 0 Å². The topological polar surface area (TPSA) is 20.2 Å². The van der Waals surface area contributed by atoms with Crippen LogP contribution in [-0.4, -0.2) is 17.6 Å². The molecular formula is C10H10F2O. The molecule has 1 aromatic rings. The van der Waals surface area contributed by atoms with Gasteiger partial charge >= 0.3 is 0 Å². The molecule has 1 saturated carbocycles. The summed E-state index contributed by atoms with van der Waals surface area (Å²) in [5, 5.41) is 8.69. The first-order valence-electron chi connectivity index (χ1n) is 4.21. The van der Waals surface area contributed by atoms with Crippen molar-refractivity contribution in [1.29, 1.82) is 0 Å². The van der Waals surface area contributed by atoms with Crippen molar-refractivity contribution in [3.05, 3.63) is 35.9 Å². The van der Waals surface area contributed by atoms with Gasteiger partial charge in [-0.05, 0) is 5.56 Å². The van der Waals surface area contributed by atoms with Crippen molar-refractivity contribution in [3.8, 4) is 0 Å². The van der Waals surface area contributed by atoms with E-state index >= 15 is 0 Å². The fraction of sp³-hybridized carbons (Fsp3) is 0.400. The number of aliphatic hydroxyl groups is 1. The van der Waals surface area contributed by atoms with E-state index < -0.39 is 24.4 Å². The Hall–Kier alpha value is -0.960.